The Labute approximate surface area is 120 Å². The van der Waals surface area contributed by atoms with Crippen molar-refractivity contribution in [3.8, 4) is 0 Å². The van der Waals surface area contributed by atoms with Gasteiger partial charge in [-0.2, -0.15) is 0 Å². The largest absolute Gasteiger partial charge is 0.464 e. The number of esters is 1. The lowest BCUT2D eigenvalue weighted by atomic mass is 10.0. The number of nitro groups is 1. The molecule has 0 aromatic heterocycles. The summed E-state index contributed by atoms with van der Waals surface area (Å²) in [5.74, 6) is -1.28. The third-order valence-electron chi connectivity index (χ3n) is 2.66. The van der Waals surface area contributed by atoms with Crippen LogP contribution >= 0.6 is 0 Å². The number of benzene rings is 1. The van der Waals surface area contributed by atoms with E-state index in [0.717, 1.165) is 0 Å². The van der Waals surface area contributed by atoms with Crippen molar-refractivity contribution in [3.05, 3.63) is 39.9 Å². The molecule has 0 unspecified atom stereocenters. The SMILES string of the molecule is CCOC(=O)[C@H](NC(C)=O)[C@H](O)c1ccc([N+](=O)[O-])cc1. The molecule has 1 aromatic rings. The van der Waals surface area contributed by atoms with Crippen LogP contribution in [0, 0.1) is 10.1 Å². The minimum absolute atomic E-state index is 0.0991. The Balaban J connectivity index is 2.97. The molecule has 1 aromatic carbocycles. The van der Waals surface area contributed by atoms with Gasteiger partial charge in [-0.05, 0) is 24.6 Å². The third-order valence-corrected chi connectivity index (χ3v) is 2.66. The molecular weight excluding hydrogens is 280 g/mol. The molecule has 0 spiro atoms. The summed E-state index contributed by atoms with van der Waals surface area (Å²) in [6.45, 7) is 2.90. The zero-order valence-corrected chi connectivity index (χ0v) is 11.6. The lowest BCUT2D eigenvalue weighted by Gasteiger charge is -2.22. The number of carbonyl (C=O) groups excluding carboxylic acids is 2. The summed E-state index contributed by atoms with van der Waals surface area (Å²) in [5.41, 5.74) is 0.116. The molecule has 8 nitrogen and oxygen atoms in total. The van der Waals surface area contributed by atoms with Crippen LogP contribution in [0.5, 0.6) is 0 Å². The number of aliphatic hydroxyl groups excluding tert-OH is 1. The molecule has 21 heavy (non-hydrogen) atoms. The van der Waals surface area contributed by atoms with Crippen LogP contribution in [0.4, 0.5) is 5.69 Å². The molecule has 0 aliphatic carbocycles. The minimum Gasteiger partial charge on any atom is -0.464 e. The van der Waals surface area contributed by atoms with Crippen LogP contribution in [0.3, 0.4) is 0 Å². The fraction of sp³-hybridized carbons (Fsp3) is 0.385. The maximum atomic E-state index is 11.8. The Morgan fingerprint density at radius 3 is 2.38 bits per heavy atom. The number of hydrogen-bond donors (Lipinski definition) is 2. The Bertz CT molecular complexity index is 528. The molecule has 1 rings (SSSR count). The first kappa shape index (κ1) is 16.6. The number of nitrogens with one attached hydrogen (secondary N) is 1. The molecule has 0 saturated carbocycles. The Morgan fingerprint density at radius 1 is 1.38 bits per heavy atom. The fourth-order valence-electron chi connectivity index (χ4n) is 1.70. The summed E-state index contributed by atoms with van der Waals surface area (Å²) in [7, 11) is 0. The van der Waals surface area contributed by atoms with Crippen LogP contribution < -0.4 is 5.32 Å². The number of nitro benzene ring substituents is 1. The molecule has 0 heterocycles. The molecule has 0 saturated heterocycles. The lowest BCUT2D eigenvalue weighted by Crippen LogP contribution is -2.45. The predicted octanol–water partition coefficient (Wildman–Crippen LogP) is 0.696. The number of aliphatic hydroxyl groups is 1. The van der Waals surface area contributed by atoms with Gasteiger partial charge in [-0.3, -0.25) is 14.9 Å². The van der Waals surface area contributed by atoms with E-state index in [1.165, 1.54) is 31.2 Å². The van der Waals surface area contributed by atoms with Crippen LogP contribution in [-0.4, -0.2) is 34.6 Å². The molecule has 114 valence electrons. The summed E-state index contributed by atoms with van der Waals surface area (Å²) < 4.78 is 4.79. The zero-order valence-electron chi connectivity index (χ0n) is 11.6. The average Bonchev–Trinajstić information content (AvgIpc) is 2.44. The fourth-order valence-corrected chi connectivity index (χ4v) is 1.70. The summed E-state index contributed by atoms with van der Waals surface area (Å²) in [6.07, 6.45) is -1.37. The van der Waals surface area contributed by atoms with Gasteiger partial charge in [0.05, 0.1) is 11.5 Å². The van der Waals surface area contributed by atoms with Crippen LogP contribution in [0.2, 0.25) is 0 Å². The number of nitrogens with zero attached hydrogens (tertiary/aromatic N) is 1. The van der Waals surface area contributed by atoms with Gasteiger partial charge < -0.3 is 15.2 Å². The van der Waals surface area contributed by atoms with E-state index < -0.39 is 28.9 Å². The second kappa shape index (κ2) is 7.34. The minimum atomic E-state index is -1.37. The molecule has 0 bridgehead atoms. The van der Waals surface area contributed by atoms with Crippen molar-refractivity contribution in [2.45, 2.75) is 26.0 Å². The van der Waals surface area contributed by atoms with Gasteiger partial charge in [0, 0.05) is 19.1 Å². The van der Waals surface area contributed by atoms with Gasteiger partial charge in [-0.25, -0.2) is 4.79 Å². The van der Waals surface area contributed by atoms with Gasteiger partial charge in [0.2, 0.25) is 5.91 Å². The quantitative estimate of drug-likeness (QED) is 0.453. The van der Waals surface area contributed by atoms with Gasteiger partial charge in [-0.15, -0.1) is 0 Å². The van der Waals surface area contributed by atoms with Crippen molar-refractivity contribution in [3.63, 3.8) is 0 Å². The second-order valence-electron chi connectivity index (χ2n) is 4.22. The van der Waals surface area contributed by atoms with Gasteiger partial charge in [0.25, 0.3) is 5.69 Å². The topological polar surface area (TPSA) is 119 Å². The Morgan fingerprint density at radius 2 is 1.95 bits per heavy atom. The number of ether oxygens (including phenoxy) is 1. The van der Waals surface area contributed by atoms with E-state index in [2.05, 4.69) is 5.32 Å². The summed E-state index contributed by atoms with van der Waals surface area (Å²) >= 11 is 0. The van der Waals surface area contributed by atoms with Gasteiger partial charge in [0.15, 0.2) is 6.04 Å². The van der Waals surface area contributed by atoms with Gasteiger partial charge in [0.1, 0.15) is 6.10 Å². The molecule has 1 amide bonds. The highest BCUT2D eigenvalue weighted by Crippen LogP contribution is 2.21. The predicted molar refractivity (Wildman–Crippen MR) is 72.3 cm³/mol. The van der Waals surface area contributed by atoms with Crippen molar-refractivity contribution in [2.24, 2.45) is 0 Å². The molecule has 0 aliphatic rings. The number of amides is 1. The molecule has 0 radical (unpaired) electrons. The molecule has 8 heteroatoms. The summed E-state index contributed by atoms with van der Waals surface area (Å²) in [4.78, 5) is 32.9. The summed E-state index contributed by atoms with van der Waals surface area (Å²) in [6, 6.07) is 3.76. The van der Waals surface area contributed by atoms with Crippen molar-refractivity contribution in [1.82, 2.24) is 5.32 Å². The van der Waals surface area contributed by atoms with Crippen LogP contribution in [0.15, 0.2) is 24.3 Å². The lowest BCUT2D eigenvalue weighted by molar-refractivity contribution is -0.384. The molecule has 2 atom stereocenters. The Kier molecular flexibility index (Phi) is 5.79. The molecule has 2 N–H and O–H groups in total. The zero-order chi connectivity index (χ0) is 16.0. The molecular formula is C13H16N2O6. The van der Waals surface area contributed by atoms with Crippen molar-refractivity contribution < 1.29 is 24.4 Å². The van der Waals surface area contributed by atoms with E-state index in [0.29, 0.717) is 0 Å². The van der Waals surface area contributed by atoms with E-state index in [1.54, 1.807) is 6.92 Å². The highest BCUT2D eigenvalue weighted by atomic mass is 16.6. The van der Waals surface area contributed by atoms with E-state index in [-0.39, 0.29) is 17.9 Å². The number of carbonyl (C=O) groups is 2. The van der Waals surface area contributed by atoms with Gasteiger partial charge in [-0.1, -0.05) is 0 Å². The number of rotatable bonds is 6. The van der Waals surface area contributed by atoms with Crippen molar-refractivity contribution in [2.75, 3.05) is 6.61 Å². The second-order valence-corrected chi connectivity index (χ2v) is 4.22. The van der Waals surface area contributed by atoms with Gasteiger partial charge >= 0.3 is 5.97 Å². The highest BCUT2D eigenvalue weighted by molar-refractivity contribution is 5.84. The smallest absolute Gasteiger partial charge is 0.331 e. The van der Waals surface area contributed by atoms with Crippen LogP contribution in [-0.2, 0) is 14.3 Å². The first-order valence-corrected chi connectivity index (χ1v) is 6.23. The Hall–Kier alpha value is -2.48. The highest BCUT2D eigenvalue weighted by Gasteiger charge is 2.30. The number of non-ortho nitro benzene ring substituents is 1. The molecule has 0 aliphatic heterocycles. The number of hydrogen-bond acceptors (Lipinski definition) is 6. The van der Waals surface area contributed by atoms with Crippen LogP contribution in [0.25, 0.3) is 0 Å². The monoisotopic (exact) mass is 296 g/mol. The van der Waals surface area contributed by atoms with E-state index >= 15 is 0 Å². The normalized spacial score (nSPS) is 13.1. The third kappa shape index (κ3) is 4.53. The summed E-state index contributed by atoms with van der Waals surface area (Å²) in [5, 5.41) is 23.0. The van der Waals surface area contributed by atoms with Crippen LogP contribution in [0.1, 0.15) is 25.5 Å². The first-order chi connectivity index (χ1) is 9.86. The average molecular weight is 296 g/mol. The maximum absolute atomic E-state index is 11.8. The molecule has 0 fully saturated rings. The first-order valence-electron chi connectivity index (χ1n) is 6.23. The van der Waals surface area contributed by atoms with E-state index in [4.69, 9.17) is 4.74 Å². The van der Waals surface area contributed by atoms with E-state index in [1.807, 2.05) is 0 Å². The van der Waals surface area contributed by atoms with E-state index in [9.17, 15) is 24.8 Å². The maximum Gasteiger partial charge on any atom is 0.331 e. The standard InChI is InChI=1S/C13H16N2O6/c1-3-21-13(18)11(14-8(2)16)12(17)9-4-6-10(7-5-9)15(19)20/h4-7,11-12,17H,3H2,1-2H3,(H,14,16)/t11-,12-/m1/s1. The van der Waals surface area contributed by atoms with Crippen molar-refractivity contribution in [1.29, 1.82) is 0 Å². The van der Waals surface area contributed by atoms with Crippen molar-refractivity contribution >= 4 is 17.6 Å².